The summed E-state index contributed by atoms with van der Waals surface area (Å²) >= 11 is 0. The summed E-state index contributed by atoms with van der Waals surface area (Å²) in [6.07, 6.45) is 4.13. The summed E-state index contributed by atoms with van der Waals surface area (Å²) in [5.41, 5.74) is 1.05. The molecular weight excluding hydrogens is 456 g/mol. The molecule has 1 aliphatic carbocycles. The Morgan fingerprint density at radius 3 is 2.29 bits per heavy atom. The number of anilines is 1. The van der Waals surface area contributed by atoms with Crippen LogP contribution < -0.4 is 10.1 Å². The van der Waals surface area contributed by atoms with E-state index in [2.05, 4.69) is 5.32 Å². The van der Waals surface area contributed by atoms with E-state index in [0.29, 0.717) is 25.4 Å². The molecule has 0 radical (unpaired) electrons. The molecule has 0 atom stereocenters. The molecule has 1 heterocycles. The molecular formula is C25H30N2O6S. The van der Waals surface area contributed by atoms with Gasteiger partial charge >= 0.3 is 5.97 Å². The molecule has 34 heavy (non-hydrogen) atoms. The second kappa shape index (κ2) is 9.76. The van der Waals surface area contributed by atoms with Gasteiger partial charge in [-0.25, -0.2) is 8.42 Å². The van der Waals surface area contributed by atoms with Gasteiger partial charge in [0, 0.05) is 24.3 Å². The smallest absolute Gasteiger partial charge is 0.316 e. The molecule has 2 aromatic rings. The van der Waals surface area contributed by atoms with Crippen molar-refractivity contribution in [2.75, 3.05) is 32.1 Å². The summed E-state index contributed by atoms with van der Waals surface area (Å²) in [7, 11) is -2.37. The van der Waals surface area contributed by atoms with Crippen LogP contribution in [0.15, 0.2) is 47.4 Å². The van der Waals surface area contributed by atoms with Gasteiger partial charge < -0.3 is 14.8 Å². The van der Waals surface area contributed by atoms with E-state index in [4.69, 9.17) is 9.47 Å². The fourth-order valence-corrected chi connectivity index (χ4v) is 6.04. The standard InChI is InChI=1S/C25H30N2O6S/c1-3-33-24(29)25(13-14-25)19-8-10-20(11-9-19)26-23(28)18-7-12-21(32-2)22(17-18)34(30,31)27-15-5-4-6-16-27/h7-12,17H,3-6,13-16H2,1-2H3,(H,26,28). The second-order valence-electron chi connectivity index (χ2n) is 8.66. The van der Waals surface area contributed by atoms with Gasteiger partial charge in [-0.1, -0.05) is 18.6 Å². The topological polar surface area (TPSA) is 102 Å². The maximum absolute atomic E-state index is 13.2. The fourth-order valence-electron chi connectivity index (χ4n) is 4.34. The van der Waals surface area contributed by atoms with Crippen LogP contribution in [0.3, 0.4) is 0 Å². The monoisotopic (exact) mass is 486 g/mol. The van der Waals surface area contributed by atoms with Gasteiger partial charge in [0.15, 0.2) is 0 Å². The van der Waals surface area contributed by atoms with E-state index >= 15 is 0 Å². The molecule has 4 rings (SSSR count). The Morgan fingerprint density at radius 1 is 1.03 bits per heavy atom. The van der Waals surface area contributed by atoms with Crippen LogP contribution in [0.5, 0.6) is 5.75 Å². The summed E-state index contributed by atoms with van der Waals surface area (Å²) in [6.45, 7) is 3.05. The van der Waals surface area contributed by atoms with Crippen LogP contribution in [0.2, 0.25) is 0 Å². The Morgan fingerprint density at radius 2 is 1.71 bits per heavy atom. The second-order valence-corrected chi connectivity index (χ2v) is 10.6. The van der Waals surface area contributed by atoms with Crippen molar-refractivity contribution in [1.82, 2.24) is 4.31 Å². The van der Waals surface area contributed by atoms with Crippen molar-refractivity contribution in [1.29, 1.82) is 0 Å². The van der Waals surface area contributed by atoms with Crippen LogP contribution in [0.25, 0.3) is 0 Å². The van der Waals surface area contributed by atoms with Gasteiger partial charge in [0.25, 0.3) is 5.91 Å². The van der Waals surface area contributed by atoms with Crippen LogP contribution in [0, 0.1) is 0 Å². The molecule has 182 valence electrons. The summed E-state index contributed by atoms with van der Waals surface area (Å²) in [6, 6.07) is 11.5. The minimum absolute atomic E-state index is 0.00925. The van der Waals surface area contributed by atoms with Gasteiger partial charge in [-0.15, -0.1) is 0 Å². The molecule has 9 heteroatoms. The fraction of sp³-hybridized carbons (Fsp3) is 0.440. The number of sulfonamides is 1. The van der Waals surface area contributed by atoms with Crippen LogP contribution in [-0.4, -0.2) is 51.4 Å². The highest BCUT2D eigenvalue weighted by atomic mass is 32.2. The number of esters is 1. The number of carbonyl (C=O) groups excluding carboxylic acids is 2. The maximum Gasteiger partial charge on any atom is 0.316 e. The first kappa shape index (κ1) is 24.2. The van der Waals surface area contributed by atoms with Gasteiger partial charge in [0.05, 0.1) is 19.1 Å². The zero-order valence-corrected chi connectivity index (χ0v) is 20.3. The van der Waals surface area contributed by atoms with Crippen LogP contribution in [0.4, 0.5) is 5.69 Å². The number of piperidine rings is 1. The third-order valence-electron chi connectivity index (χ3n) is 6.47. The van der Waals surface area contributed by atoms with Crippen molar-refractivity contribution in [2.45, 2.75) is 49.3 Å². The van der Waals surface area contributed by atoms with E-state index in [1.165, 1.54) is 29.6 Å². The van der Waals surface area contributed by atoms with Gasteiger partial charge in [0.1, 0.15) is 10.6 Å². The molecule has 0 spiro atoms. The van der Waals surface area contributed by atoms with Crippen molar-refractivity contribution in [3.8, 4) is 5.75 Å². The molecule has 2 aromatic carbocycles. The zero-order chi connectivity index (χ0) is 24.3. The average molecular weight is 487 g/mol. The van der Waals surface area contributed by atoms with Crippen molar-refractivity contribution in [3.05, 3.63) is 53.6 Å². The highest BCUT2D eigenvalue weighted by Gasteiger charge is 2.52. The molecule has 0 aromatic heterocycles. The SMILES string of the molecule is CCOC(=O)C1(c2ccc(NC(=O)c3ccc(OC)c(S(=O)(=O)N4CCCCC4)c3)cc2)CC1. The number of benzene rings is 2. The minimum Gasteiger partial charge on any atom is -0.495 e. The number of hydrogen-bond acceptors (Lipinski definition) is 6. The molecule has 0 unspecified atom stereocenters. The minimum atomic E-state index is -3.78. The van der Waals surface area contributed by atoms with Crippen molar-refractivity contribution in [3.63, 3.8) is 0 Å². The first-order chi connectivity index (χ1) is 16.3. The summed E-state index contributed by atoms with van der Waals surface area (Å²) in [5.74, 6) is -0.440. The van der Waals surface area contributed by atoms with Crippen LogP contribution in [0.1, 0.15) is 54.9 Å². The molecule has 2 aliphatic rings. The molecule has 1 N–H and O–H groups in total. The predicted molar refractivity (Wildman–Crippen MR) is 128 cm³/mol. The van der Waals surface area contributed by atoms with Crippen molar-refractivity contribution < 1.29 is 27.5 Å². The Hall–Kier alpha value is -2.91. The largest absolute Gasteiger partial charge is 0.495 e. The number of carbonyl (C=O) groups is 2. The van der Waals surface area contributed by atoms with E-state index < -0.39 is 21.3 Å². The Bertz CT molecular complexity index is 1170. The number of hydrogen-bond donors (Lipinski definition) is 1. The third-order valence-corrected chi connectivity index (χ3v) is 8.39. The summed E-state index contributed by atoms with van der Waals surface area (Å²) < 4.78 is 38.4. The van der Waals surface area contributed by atoms with E-state index in [0.717, 1.165) is 37.7 Å². The molecule has 1 amide bonds. The Balaban J connectivity index is 1.52. The lowest BCUT2D eigenvalue weighted by atomic mass is 9.96. The Kier molecular flexibility index (Phi) is 6.95. The number of ether oxygens (including phenoxy) is 2. The number of amides is 1. The van der Waals surface area contributed by atoms with E-state index in [9.17, 15) is 18.0 Å². The van der Waals surface area contributed by atoms with E-state index in [1.54, 1.807) is 19.1 Å². The number of nitrogens with zero attached hydrogens (tertiary/aromatic N) is 1. The summed E-state index contributed by atoms with van der Waals surface area (Å²) in [5, 5.41) is 2.80. The van der Waals surface area contributed by atoms with E-state index in [-0.39, 0.29) is 22.2 Å². The molecule has 1 aliphatic heterocycles. The molecule has 2 fully saturated rings. The van der Waals surface area contributed by atoms with Crippen LogP contribution >= 0.6 is 0 Å². The predicted octanol–water partition coefficient (Wildman–Crippen LogP) is 3.72. The van der Waals surface area contributed by atoms with Gasteiger partial charge in [-0.3, -0.25) is 9.59 Å². The van der Waals surface area contributed by atoms with Crippen molar-refractivity contribution in [2.24, 2.45) is 0 Å². The molecule has 8 nitrogen and oxygen atoms in total. The first-order valence-corrected chi connectivity index (χ1v) is 13.0. The molecule has 0 bridgehead atoms. The lowest BCUT2D eigenvalue weighted by molar-refractivity contribution is -0.146. The first-order valence-electron chi connectivity index (χ1n) is 11.6. The lowest BCUT2D eigenvalue weighted by Crippen LogP contribution is -2.35. The number of rotatable bonds is 8. The van der Waals surface area contributed by atoms with Crippen molar-refractivity contribution >= 4 is 27.6 Å². The maximum atomic E-state index is 13.2. The lowest BCUT2D eigenvalue weighted by Gasteiger charge is -2.26. The number of methoxy groups -OCH3 is 1. The van der Waals surface area contributed by atoms with E-state index in [1.807, 2.05) is 12.1 Å². The molecule has 1 saturated heterocycles. The zero-order valence-electron chi connectivity index (χ0n) is 19.5. The van der Waals surface area contributed by atoms with Gasteiger partial charge in [0.2, 0.25) is 10.0 Å². The highest BCUT2D eigenvalue weighted by Crippen LogP contribution is 2.49. The van der Waals surface area contributed by atoms with Gasteiger partial charge in [-0.05, 0) is 68.5 Å². The summed E-state index contributed by atoms with van der Waals surface area (Å²) in [4.78, 5) is 25.2. The molecule has 1 saturated carbocycles. The third kappa shape index (κ3) is 4.67. The number of nitrogens with one attached hydrogen (secondary N) is 1. The quantitative estimate of drug-likeness (QED) is 0.571. The normalized spacial score (nSPS) is 17.6. The average Bonchev–Trinajstić information content (AvgIpc) is 3.67. The highest BCUT2D eigenvalue weighted by molar-refractivity contribution is 7.89. The van der Waals surface area contributed by atoms with Gasteiger partial charge in [-0.2, -0.15) is 4.31 Å². The van der Waals surface area contributed by atoms with Crippen LogP contribution in [-0.2, 0) is 25.0 Å². The Labute approximate surface area is 200 Å².